The van der Waals surface area contributed by atoms with Gasteiger partial charge in [-0.25, -0.2) is 4.68 Å². The summed E-state index contributed by atoms with van der Waals surface area (Å²) in [5, 5.41) is 11.4. The number of para-hydroxylation sites is 2. The molecule has 1 aliphatic rings. The maximum Gasteiger partial charge on any atom is 0.228 e. The number of rotatable bonds is 5. The third-order valence-corrected chi connectivity index (χ3v) is 5.28. The summed E-state index contributed by atoms with van der Waals surface area (Å²) in [5.41, 5.74) is 1.72. The third kappa shape index (κ3) is 4.18. The Balaban J connectivity index is 1.41. The number of hydrogen-bond acceptors (Lipinski definition) is 5. The number of aromatic nitrogens is 4. The fourth-order valence-electron chi connectivity index (χ4n) is 3.45. The molecule has 1 aromatic heterocycles. The molecule has 28 heavy (non-hydrogen) atoms. The number of piperidine rings is 1. The molecule has 1 saturated heterocycles. The van der Waals surface area contributed by atoms with Crippen LogP contribution >= 0.6 is 12.2 Å². The first-order valence-corrected chi connectivity index (χ1v) is 9.78. The largest absolute Gasteiger partial charge is 0.326 e. The number of anilines is 1. The Bertz CT molecular complexity index is 985. The quantitative estimate of drug-likeness (QED) is 0.674. The summed E-state index contributed by atoms with van der Waals surface area (Å²) in [6.45, 7) is 2.12. The van der Waals surface area contributed by atoms with E-state index in [-0.39, 0.29) is 11.8 Å². The van der Waals surface area contributed by atoms with Gasteiger partial charge in [-0.2, -0.15) is 4.68 Å². The minimum atomic E-state index is -0.0488. The summed E-state index contributed by atoms with van der Waals surface area (Å²) >= 11 is 5.54. The van der Waals surface area contributed by atoms with Gasteiger partial charge in [-0.15, -0.1) is 0 Å². The van der Waals surface area contributed by atoms with Crippen LogP contribution in [0.4, 0.5) is 5.69 Å². The number of nitrogens with zero attached hydrogens (tertiary/aromatic N) is 5. The van der Waals surface area contributed by atoms with Gasteiger partial charge in [0.15, 0.2) is 0 Å². The number of nitrogens with one attached hydrogen (secondary N) is 1. The second-order valence-electron chi connectivity index (χ2n) is 6.92. The van der Waals surface area contributed by atoms with E-state index in [1.807, 2.05) is 60.7 Å². The maximum atomic E-state index is 12.6. The first kappa shape index (κ1) is 18.5. The molecule has 1 aliphatic heterocycles. The zero-order chi connectivity index (χ0) is 19.3. The summed E-state index contributed by atoms with van der Waals surface area (Å²) in [7, 11) is 0. The number of carbonyl (C=O) groups is 1. The van der Waals surface area contributed by atoms with E-state index in [9.17, 15) is 4.79 Å². The van der Waals surface area contributed by atoms with Crippen molar-refractivity contribution in [1.29, 1.82) is 0 Å². The fourth-order valence-corrected chi connectivity index (χ4v) is 3.68. The van der Waals surface area contributed by atoms with Crippen LogP contribution in [-0.2, 0) is 11.5 Å². The average Bonchev–Trinajstić information content (AvgIpc) is 3.10. The van der Waals surface area contributed by atoms with Gasteiger partial charge in [-0.05, 0) is 66.3 Å². The lowest BCUT2D eigenvalue weighted by Crippen LogP contribution is -2.41. The molecule has 0 unspecified atom stereocenters. The van der Waals surface area contributed by atoms with E-state index in [1.54, 1.807) is 9.36 Å². The average molecular weight is 395 g/mol. The van der Waals surface area contributed by atoms with Crippen molar-refractivity contribution in [2.45, 2.75) is 19.5 Å². The Morgan fingerprint density at radius 2 is 1.79 bits per heavy atom. The number of likely N-dealkylation sites (tertiary alicyclic amines) is 1. The second kappa shape index (κ2) is 8.45. The molecule has 0 spiro atoms. The van der Waals surface area contributed by atoms with Gasteiger partial charge in [0, 0.05) is 12.2 Å². The minimum Gasteiger partial charge on any atom is -0.326 e. The Morgan fingerprint density at radius 3 is 2.54 bits per heavy atom. The predicted octanol–water partition coefficient (Wildman–Crippen LogP) is 3.11. The Morgan fingerprint density at radius 1 is 1.07 bits per heavy atom. The molecule has 0 aliphatic carbocycles. The molecular formula is C20H22N6OS. The van der Waals surface area contributed by atoms with E-state index in [4.69, 9.17) is 12.2 Å². The van der Waals surface area contributed by atoms with Crippen molar-refractivity contribution >= 4 is 23.8 Å². The lowest BCUT2D eigenvalue weighted by Gasteiger charge is -2.31. The van der Waals surface area contributed by atoms with E-state index in [1.165, 1.54) is 0 Å². The van der Waals surface area contributed by atoms with Gasteiger partial charge in [0.1, 0.15) is 0 Å². The van der Waals surface area contributed by atoms with Crippen LogP contribution in [0.3, 0.4) is 0 Å². The van der Waals surface area contributed by atoms with Crippen LogP contribution < -0.4 is 5.32 Å². The monoisotopic (exact) mass is 394 g/mol. The van der Waals surface area contributed by atoms with Gasteiger partial charge in [0.25, 0.3) is 0 Å². The number of benzene rings is 2. The summed E-state index contributed by atoms with van der Waals surface area (Å²) in [6, 6.07) is 19.3. The zero-order valence-corrected chi connectivity index (χ0v) is 16.3. The molecule has 1 amide bonds. The van der Waals surface area contributed by atoms with Crippen LogP contribution in [0.15, 0.2) is 60.7 Å². The molecule has 1 N–H and O–H groups in total. The Kier molecular flexibility index (Phi) is 5.59. The lowest BCUT2D eigenvalue weighted by atomic mass is 9.97. The standard InChI is InChI=1S/C20H22N6OS/c27-19(21-17-9-3-1-4-10-17)16-8-7-13-24(14-16)15-25-20(28)26(23-22-25)18-11-5-2-6-12-18/h1-6,9-12,16H,7-8,13-15H2,(H,21,27)/t16-/m1/s1. The fraction of sp³-hybridized carbons (Fsp3) is 0.300. The summed E-state index contributed by atoms with van der Waals surface area (Å²) < 4.78 is 3.90. The number of tetrazole rings is 1. The van der Waals surface area contributed by atoms with Crippen molar-refractivity contribution in [1.82, 2.24) is 24.7 Å². The first-order chi connectivity index (χ1) is 13.7. The van der Waals surface area contributed by atoms with Crippen molar-refractivity contribution < 1.29 is 4.79 Å². The third-order valence-electron chi connectivity index (χ3n) is 4.89. The van der Waals surface area contributed by atoms with E-state index >= 15 is 0 Å². The SMILES string of the molecule is O=C(Nc1ccccc1)[C@@H]1CCCN(Cn2nnn(-c3ccccc3)c2=S)C1. The Labute approximate surface area is 168 Å². The minimum absolute atomic E-state index is 0.0488. The molecule has 8 heteroatoms. The van der Waals surface area contributed by atoms with Gasteiger partial charge in [-0.3, -0.25) is 9.69 Å². The van der Waals surface area contributed by atoms with E-state index in [0.29, 0.717) is 18.0 Å². The molecule has 2 heterocycles. The smallest absolute Gasteiger partial charge is 0.228 e. The van der Waals surface area contributed by atoms with Crippen molar-refractivity contribution in [2.24, 2.45) is 5.92 Å². The van der Waals surface area contributed by atoms with Crippen LogP contribution in [-0.4, -0.2) is 43.7 Å². The topological polar surface area (TPSA) is 68.0 Å². The van der Waals surface area contributed by atoms with Crippen molar-refractivity contribution in [2.75, 3.05) is 18.4 Å². The van der Waals surface area contributed by atoms with Crippen molar-refractivity contribution in [3.63, 3.8) is 0 Å². The molecular weight excluding hydrogens is 372 g/mol. The highest BCUT2D eigenvalue weighted by atomic mass is 32.1. The molecule has 2 aromatic carbocycles. The van der Waals surface area contributed by atoms with Crippen molar-refractivity contribution in [3.05, 3.63) is 65.4 Å². The highest BCUT2D eigenvalue weighted by molar-refractivity contribution is 7.71. The van der Waals surface area contributed by atoms with Crippen LogP contribution in [0.5, 0.6) is 0 Å². The second-order valence-corrected chi connectivity index (χ2v) is 7.29. The van der Waals surface area contributed by atoms with Gasteiger partial charge in [0.2, 0.25) is 10.7 Å². The van der Waals surface area contributed by atoms with Crippen molar-refractivity contribution in [3.8, 4) is 5.69 Å². The zero-order valence-electron chi connectivity index (χ0n) is 15.4. The number of hydrogen-bond donors (Lipinski definition) is 1. The molecule has 4 rings (SSSR count). The molecule has 144 valence electrons. The van der Waals surface area contributed by atoms with Crippen LogP contribution in [0.2, 0.25) is 0 Å². The first-order valence-electron chi connectivity index (χ1n) is 9.37. The van der Waals surface area contributed by atoms with E-state index < -0.39 is 0 Å². The molecule has 1 fully saturated rings. The van der Waals surface area contributed by atoms with E-state index in [2.05, 4.69) is 20.6 Å². The maximum absolute atomic E-state index is 12.6. The van der Waals surface area contributed by atoms with E-state index in [0.717, 1.165) is 30.8 Å². The molecule has 0 radical (unpaired) electrons. The normalized spacial score (nSPS) is 17.4. The van der Waals surface area contributed by atoms with Gasteiger partial charge in [-0.1, -0.05) is 36.4 Å². The number of carbonyl (C=O) groups excluding carboxylic acids is 1. The van der Waals surface area contributed by atoms with Gasteiger partial charge < -0.3 is 5.32 Å². The molecule has 0 saturated carbocycles. The summed E-state index contributed by atoms with van der Waals surface area (Å²) in [6.07, 6.45) is 1.85. The summed E-state index contributed by atoms with van der Waals surface area (Å²) in [4.78, 5) is 14.8. The van der Waals surface area contributed by atoms with Gasteiger partial charge in [0.05, 0.1) is 18.3 Å². The van der Waals surface area contributed by atoms with Gasteiger partial charge >= 0.3 is 0 Å². The Hall–Kier alpha value is -2.84. The van der Waals surface area contributed by atoms with Crippen LogP contribution in [0.25, 0.3) is 5.69 Å². The predicted molar refractivity (Wildman–Crippen MR) is 110 cm³/mol. The highest BCUT2D eigenvalue weighted by Crippen LogP contribution is 2.19. The highest BCUT2D eigenvalue weighted by Gasteiger charge is 2.26. The number of amides is 1. The summed E-state index contributed by atoms with van der Waals surface area (Å²) in [5.74, 6) is 0.0136. The van der Waals surface area contributed by atoms with Crippen LogP contribution in [0, 0.1) is 10.7 Å². The molecule has 1 atom stereocenters. The lowest BCUT2D eigenvalue weighted by molar-refractivity contribution is -0.121. The molecule has 0 bridgehead atoms. The molecule has 3 aromatic rings. The van der Waals surface area contributed by atoms with Crippen LogP contribution in [0.1, 0.15) is 12.8 Å². The molecule has 7 nitrogen and oxygen atoms in total.